The number of carbonyl (C=O) groups is 1. The lowest BCUT2D eigenvalue weighted by Gasteiger charge is -2.32. The van der Waals surface area contributed by atoms with E-state index in [2.05, 4.69) is 27.3 Å². The minimum atomic E-state index is -1.05. The highest BCUT2D eigenvalue weighted by atomic mass is 19.1. The van der Waals surface area contributed by atoms with Crippen LogP contribution in [0.2, 0.25) is 0 Å². The molecule has 5 rings (SSSR count). The third-order valence-corrected chi connectivity index (χ3v) is 6.41. The molecule has 1 aliphatic carbocycles. The number of aromatic nitrogens is 3. The smallest absolute Gasteiger partial charge is 0.328 e. The number of allylic oxidation sites excluding steroid dienone is 1. The van der Waals surface area contributed by atoms with Crippen molar-refractivity contribution in [2.75, 3.05) is 7.11 Å². The van der Waals surface area contributed by atoms with Crippen molar-refractivity contribution in [1.82, 2.24) is 15.2 Å². The van der Waals surface area contributed by atoms with Crippen LogP contribution in [0.4, 0.5) is 4.39 Å². The minimum Gasteiger partial charge on any atom is -0.481 e. The molecule has 1 fully saturated rings. The van der Waals surface area contributed by atoms with Crippen LogP contribution >= 0.6 is 0 Å². The number of carboxylic acid groups (broad SMARTS) is 1. The van der Waals surface area contributed by atoms with E-state index < -0.39 is 11.9 Å². The van der Waals surface area contributed by atoms with Crippen LogP contribution in [0.3, 0.4) is 0 Å². The van der Waals surface area contributed by atoms with E-state index in [9.17, 15) is 9.18 Å². The average Bonchev–Trinajstić information content (AvgIpc) is 3.22. The Labute approximate surface area is 201 Å². The molecule has 1 saturated carbocycles. The fraction of sp³-hybridized carbons (Fsp3) is 0.179. The predicted octanol–water partition coefficient (Wildman–Crippen LogP) is 5.96. The normalized spacial score (nSPS) is 14.7. The van der Waals surface area contributed by atoms with Gasteiger partial charge >= 0.3 is 5.97 Å². The first-order valence-corrected chi connectivity index (χ1v) is 11.4. The molecule has 35 heavy (non-hydrogen) atoms. The van der Waals surface area contributed by atoms with Gasteiger partial charge in [0.25, 0.3) is 0 Å². The van der Waals surface area contributed by atoms with Gasteiger partial charge in [-0.15, -0.1) is 5.10 Å². The molecule has 176 valence electrons. The maximum Gasteiger partial charge on any atom is 0.328 e. The van der Waals surface area contributed by atoms with Crippen molar-refractivity contribution in [3.8, 4) is 5.88 Å². The summed E-state index contributed by atoms with van der Waals surface area (Å²) in [5, 5.41) is 15.8. The molecule has 2 aromatic heterocycles. The molecule has 0 aliphatic heterocycles. The Morgan fingerprint density at radius 2 is 1.91 bits per heavy atom. The Kier molecular flexibility index (Phi) is 6.14. The van der Waals surface area contributed by atoms with E-state index in [1.807, 2.05) is 42.5 Å². The van der Waals surface area contributed by atoms with Gasteiger partial charge in [-0.05, 0) is 71.4 Å². The zero-order valence-corrected chi connectivity index (χ0v) is 19.2. The number of nitrogens with one attached hydrogen (secondary N) is 1. The second-order valence-electron chi connectivity index (χ2n) is 8.52. The maximum absolute atomic E-state index is 14.4. The second kappa shape index (κ2) is 9.54. The minimum absolute atomic E-state index is 0.341. The van der Waals surface area contributed by atoms with Gasteiger partial charge in [0.15, 0.2) is 0 Å². The van der Waals surface area contributed by atoms with Crippen LogP contribution in [-0.4, -0.2) is 33.4 Å². The second-order valence-corrected chi connectivity index (χ2v) is 8.52. The number of hydrogen-bond acceptors (Lipinski definition) is 4. The molecular formula is C28H24FN3O3. The topological polar surface area (TPSA) is 88.1 Å². The number of hydrogen-bond donors (Lipinski definition) is 2. The summed E-state index contributed by atoms with van der Waals surface area (Å²) in [5.41, 5.74) is 5.85. The lowest BCUT2D eigenvalue weighted by molar-refractivity contribution is -0.131. The zero-order chi connectivity index (χ0) is 24.4. The van der Waals surface area contributed by atoms with Crippen LogP contribution in [0.5, 0.6) is 5.88 Å². The summed E-state index contributed by atoms with van der Waals surface area (Å²) in [4.78, 5) is 15.5. The Balaban J connectivity index is 1.79. The van der Waals surface area contributed by atoms with E-state index in [4.69, 9.17) is 9.84 Å². The summed E-state index contributed by atoms with van der Waals surface area (Å²) in [7, 11) is 1.54. The average molecular weight is 470 g/mol. The third kappa shape index (κ3) is 4.45. The molecule has 6 nitrogen and oxygen atoms in total. The molecule has 0 amide bonds. The number of rotatable bonds is 7. The molecule has 0 saturated heterocycles. The van der Waals surface area contributed by atoms with Crippen LogP contribution in [-0.2, 0) is 4.79 Å². The van der Waals surface area contributed by atoms with Gasteiger partial charge in [-0.3, -0.25) is 5.10 Å². The summed E-state index contributed by atoms with van der Waals surface area (Å²) in [6.07, 6.45) is 5.74. The predicted molar refractivity (Wildman–Crippen MR) is 133 cm³/mol. The first-order chi connectivity index (χ1) is 17.0. The van der Waals surface area contributed by atoms with Gasteiger partial charge in [0.2, 0.25) is 11.8 Å². The Morgan fingerprint density at radius 3 is 2.60 bits per heavy atom. The maximum atomic E-state index is 14.4. The van der Waals surface area contributed by atoms with E-state index in [1.54, 1.807) is 13.2 Å². The molecule has 0 spiro atoms. The van der Waals surface area contributed by atoms with Crippen molar-refractivity contribution in [1.29, 1.82) is 0 Å². The number of H-pyrrole nitrogens is 1. The number of benzene rings is 2. The Morgan fingerprint density at radius 1 is 1.11 bits per heavy atom. The molecule has 0 unspecified atom stereocenters. The highest BCUT2D eigenvalue weighted by molar-refractivity contribution is 6.02. The molecule has 1 aliphatic rings. The van der Waals surface area contributed by atoms with Gasteiger partial charge in [-0.1, -0.05) is 42.8 Å². The monoisotopic (exact) mass is 469 g/mol. The van der Waals surface area contributed by atoms with Gasteiger partial charge in [-0.2, -0.15) is 4.39 Å². The number of ether oxygens (including phenoxy) is 1. The van der Waals surface area contributed by atoms with E-state index in [0.717, 1.165) is 53.2 Å². The molecule has 7 heteroatoms. The van der Waals surface area contributed by atoms with Crippen LogP contribution in [0.25, 0.3) is 28.1 Å². The van der Waals surface area contributed by atoms with Crippen LogP contribution in [0.15, 0.2) is 66.7 Å². The first-order valence-electron chi connectivity index (χ1n) is 11.4. The van der Waals surface area contributed by atoms with Gasteiger partial charge in [0, 0.05) is 11.6 Å². The van der Waals surface area contributed by atoms with E-state index in [1.165, 1.54) is 6.08 Å². The molecule has 4 aromatic rings. The van der Waals surface area contributed by atoms with Crippen molar-refractivity contribution in [2.45, 2.75) is 19.3 Å². The standard InChI is InChI=1S/C28H24FN3O3/c1-35-28-21(13-11-20(30-28)12-15-24(33)34)26(19-10-14-23-22(16-19)27(29)32-31-23)25(18-8-5-9-18)17-6-3-2-4-7-17/h2-4,6-7,10-16,18H,5,8-9H2,1H3,(H,31,32)(H,33,34)/b15-12+,26-25+. The summed E-state index contributed by atoms with van der Waals surface area (Å²) >= 11 is 0. The summed E-state index contributed by atoms with van der Waals surface area (Å²) in [6.45, 7) is 0. The largest absolute Gasteiger partial charge is 0.481 e. The van der Waals surface area contributed by atoms with Gasteiger partial charge in [0.05, 0.1) is 23.7 Å². The summed E-state index contributed by atoms with van der Waals surface area (Å²) in [5.74, 6) is -0.894. The number of carboxylic acids is 1. The van der Waals surface area contributed by atoms with Crippen molar-refractivity contribution >= 4 is 34.1 Å². The van der Waals surface area contributed by atoms with Gasteiger partial charge < -0.3 is 9.84 Å². The first kappa shape index (κ1) is 22.5. The van der Waals surface area contributed by atoms with Gasteiger partial charge in [-0.25, -0.2) is 9.78 Å². The molecular weight excluding hydrogens is 445 g/mol. The number of pyridine rings is 1. The molecule has 0 atom stereocenters. The number of aliphatic carboxylic acids is 1. The Hall–Kier alpha value is -4.26. The number of aromatic amines is 1. The van der Waals surface area contributed by atoms with E-state index in [0.29, 0.717) is 28.4 Å². The molecule has 2 N–H and O–H groups in total. The van der Waals surface area contributed by atoms with Gasteiger partial charge in [0.1, 0.15) is 0 Å². The summed E-state index contributed by atoms with van der Waals surface area (Å²) < 4.78 is 20.1. The molecule has 0 radical (unpaired) electrons. The number of nitrogens with zero attached hydrogens (tertiary/aromatic N) is 2. The fourth-order valence-electron chi connectivity index (χ4n) is 4.54. The zero-order valence-electron chi connectivity index (χ0n) is 19.2. The SMILES string of the molecule is COc1nc(/C=C/C(=O)O)ccc1/C(=C(\c1ccccc1)C1CCC1)c1ccc2[nH]nc(F)c2c1. The highest BCUT2D eigenvalue weighted by Gasteiger charge is 2.29. The quantitative estimate of drug-likeness (QED) is 0.257. The number of halogens is 1. The molecule has 2 heterocycles. The lowest BCUT2D eigenvalue weighted by atomic mass is 9.73. The van der Waals surface area contributed by atoms with Crippen molar-refractivity contribution < 1.29 is 19.0 Å². The number of fused-ring (bicyclic) bond motifs is 1. The van der Waals surface area contributed by atoms with Crippen molar-refractivity contribution in [3.05, 3.63) is 95.1 Å². The van der Waals surface area contributed by atoms with Crippen molar-refractivity contribution in [3.63, 3.8) is 0 Å². The lowest BCUT2D eigenvalue weighted by Crippen LogP contribution is -2.15. The molecule has 2 aromatic carbocycles. The summed E-state index contributed by atoms with van der Waals surface area (Å²) in [6, 6.07) is 19.4. The Bertz CT molecular complexity index is 1450. The molecule has 0 bridgehead atoms. The highest BCUT2D eigenvalue weighted by Crippen LogP contribution is 2.46. The fourth-order valence-corrected chi connectivity index (χ4v) is 4.54. The number of methoxy groups -OCH3 is 1. The van der Waals surface area contributed by atoms with Crippen LogP contribution < -0.4 is 4.74 Å². The van der Waals surface area contributed by atoms with E-state index in [-0.39, 0.29) is 0 Å². The van der Waals surface area contributed by atoms with Crippen LogP contribution in [0, 0.1) is 11.9 Å². The van der Waals surface area contributed by atoms with Crippen LogP contribution in [0.1, 0.15) is 41.6 Å². The third-order valence-electron chi connectivity index (χ3n) is 6.41. The van der Waals surface area contributed by atoms with E-state index >= 15 is 0 Å². The van der Waals surface area contributed by atoms with Crippen molar-refractivity contribution in [2.24, 2.45) is 5.92 Å².